The third-order valence-corrected chi connectivity index (χ3v) is 2.25. The van der Waals surface area contributed by atoms with Crippen molar-refractivity contribution in [3.8, 4) is 0 Å². The fourth-order valence-corrected chi connectivity index (χ4v) is 1.59. The molecule has 82 valence electrons. The second kappa shape index (κ2) is 6.23. The van der Waals surface area contributed by atoms with Crippen molar-refractivity contribution in [3.05, 3.63) is 35.9 Å². The van der Waals surface area contributed by atoms with E-state index in [1.165, 1.54) is 5.56 Å². The fourth-order valence-electron chi connectivity index (χ4n) is 1.59. The summed E-state index contributed by atoms with van der Waals surface area (Å²) < 4.78 is 4.91. The van der Waals surface area contributed by atoms with Gasteiger partial charge in [-0.3, -0.25) is 4.79 Å². The predicted octanol–water partition coefficient (Wildman–Crippen LogP) is 2.82. The lowest BCUT2D eigenvalue weighted by Gasteiger charge is -2.10. The van der Waals surface area contributed by atoms with Gasteiger partial charge in [0.15, 0.2) is 0 Å². The number of hydrogen-bond acceptors (Lipinski definition) is 2. The van der Waals surface area contributed by atoms with Crippen molar-refractivity contribution in [2.24, 2.45) is 5.92 Å². The van der Waals surface area contributed by atoms with Crippen molar-refractivity contribution >= 4 is 5.97 Å². The lowest BCUT2D eigenvalue weighted by atomic mass is 9.98. The summed E-state index contributed by atoms with van der Waals surface area (Å²) in [5.41, 5.74) is 1.27. The second-order valence-corrected chi connectivity index (χ2v) is 3.80. The van der Waals surface area contributed by atoms with Gasteiger partial charge in [-0.2, -0.15) is 0 Å². The third-order valence-electron chi connectivity index (χ3n) is 2.25. The number of esters is 1. The van der Waals surface area contributed by atoms with Crippen LogP contribution in [0.5, 0.6) is 0 Å². The number of hydrogen-bond donors (Lipinski definition) is 0. The minimum absolute atomic E-state index is 0.0964. The summed E-state index contributed by atoms with van der Waals surface area (Å²) in [4.78, 5) is 11.2. The molecule has 1 rings (SSSR count). The Morgan fingerprint density at radius 2 is 2.00 bits per heavy atom. The minimum atomic E-state index is -0.0964. The molecule has 1 atom stereocenters. The van der Waals surface area contributed by atoms with Gasteiger partial charge in [0.05, 0.1) is 6.61 Å². The molecule has 1 aromatic rings. The van der Waals surface area contributed by atoms with Gasteiger partial charge >= 0.3 is 5.97 Å². The van der Waals surface area contributed by atoms with Crippen LogP contribution in [-0.2, 0) is 16.0 Å². The molecule has 0 radical (unpaired) electrons. The first kappa shape index (κ1) is 11.8. The summed E-state index contributed by atoms with van der Waals surface area (Å²) >= 11 is 0. The van der Waals surface area contributed by atoms with E-state index in [4.69, 9.17) is 4.74 Å². The van der Waals surface area contributed by atoms with E-state index < -0.39 is 0 Å². The van der Waals surface area contributed by atoms with Gasteiger partial charge in [0.25, 0.3) is 0 Å². The molecular formula is C13H18O2. The van der Waals surface area contributed by atoms with Crippen LogP contribution in [0.3, 0.4) is 0 Å². The van der Waals surface area contributed by atoms with Gasteiger partial charge < -0.3 is 4.74 Å². The summed E-state index contributed by atoms with van der Waals surface area (Å²) in [6.45, 7) is 4.38. The van der Waals surface area contributed by atoms with E-state index in [9.17, 15) is 4.79 Å². The molecule has 0 bridgehead atoms. The first-order valence-corrected chi connectivity index (χ1v) is 5.42. The maximum absolute atomic E-state index is 11.2. The van der Waals surface area contributed by atoms with Gasteiger partial charge in [0.2, 0.25) is 0 Å². The number of carbonyl (C=O) groups is 1. The topological polar surface area (TPSA) is 26.3 Å². The second-order valence-electron chi connectivity index (χ2n) is 3.80. The van der Waals surface area contributed by atoms with Crippen LogP contribution < -0.4 is 0 Å². The molecule has 0 heterocycles. The van der Waals surface area contributed by atoms with Crippen molar-refractivity contribution < 1.29 is 9.53 Å². The van der Waals surface area contributed by atoms with Crippen LogP contribution in [0, 0.1) is 5.92 Å². The number of carbonyl (C=O) groups excluding carboxylic acids is 1. The Morgan fingerprint density at radius 1 is 1.33 bits per heavy atom. The first-order valence-electron chi connectivity index (χ1n) is 5.42. The van der Waals surface area contributed by atoms with Crippen LogP contribution in [0.25, 0.3) is 0 Å². The molecule has 15 heavy (non-hydrogen) atoms. The SMILES string of the molecule is CCOC(=O)CC(C)Cc1ccccc1. The van der Waals surface area contributed by atoms with Crippen molar-refractivity contribution in [2.75, 3.05) is 6.61 Å². The van der Waals surface area contributed by atoms with Gasteiger partial charge in [0, 0.05) is 6.42 Å². The monoisotopic (exact) mass is 206 g/mol. The molecule has 0 saturated carbocycles. The van der Waals surface area contributed by atoms with Crippen LogP contribution in [0.4, 0.5) is 0 Å². The molecule has 0 aliphatic heterocycles. The summed E-state index contributed by atoms with van der Waals surface area (Å²) in [5, 5.41) is 0. The van der Waals surface area contributed by atoms with E-state index in [1.54, 1.807) is 0 Å². The molecule has 0 N–H and O–H groups in total. The van der Waals surface area contributed by atoms with E-state index in [0.29, 0.717) is 18.9 Å². The highest BCUT2D eigenvalue weighted by atomic mass is 16.5. The number of benzene rings is 1. The van der Waals surface area contributed by atoms with Gasteiger partial charge in [-0.25, -0.2) is 0 Å². The molecule has 1 aromatic carbocycles. The van der Waals surface area contributed by atoms with E-state index >= 15 is 0 Å². The zero-order valence-electron chi connectivity index (χ0n) is 9.40. The van der Waals surface area contributed by atoms with E-state index in [0.717, 1.165) is 6.42 Å². The highest BCUT2D eigenvalue weighted by Crippen LogP contribution is 2.12. The molecule has 0 aromatic heterocycles. The Morgan fingerprint density at radius 3 is 2.60 bits per heavy atom. The zero-order chi connectivity index (χ0) is 11.1. The quantitative estimate of drug-likeness (QED) is 0.692. The largest absolute Gasteiger partial charge is 0.466 e. The molecule has 0 amide bonds. The zero-order valence-corrected chi connectivity index (χ0v) is 9.40. The van der Waals surface area contributed by atoms with Crippen LogP contribution in [-0.4, -0.2) is 12.6 Å². The Balaban J connectivity index is 2.36. The van der Waals surface area contributed by atoms with Gasteiger partial charge in [-0.15, -0.1) is 0 Å². The lowest BCUT2D eigenvalue weighted by Crippen LogP contribution is -2.11. The molecular weight excluding hydrogens is 188 g/mol. The molecule has 0 spiro atoms. The van der Waals surface area contributed by atoms with E-state index in [1.807, 2.05) is 25.1 Å². The maximum atomic E-state index is 11.2. The number of rotatable bonds is 5. The summed E-state index contributed by atoms with van der Waals surface area (Å²) in [6.07, 6.45) is 1.43. The van der Waals surface area contributed by atoms with Crippen molar-refractivity contribution in [2.45, 2.75) is 26.7 Å². The van der Waals surface area contributed by atoms with Crippen LogP contribution in [0.1, 0.15) is 25.8 Å². The molecule has 0 saturated heterocycles. The molecule has 0 aliphatic carbocycles. The fraction of sp³-hybridized carbons (Fsp3) is 0.462. The standard InChI is InChI=1S/C13H18O2/c1-3-15-13(14)10-11(2)9-12-7-5-4-6-8-12/h4-8,11H,3,9-10H2,1-2H3. The maximum Gasteiger partial charge on any atom is 0.306 e. The summed E-state index contributed by atoms with van der Waals surface area (Å²) in [5.74, 6) is 0.243. The number of ether oxygens (including phenoxy) is 1. The Labute approximate surface area is 91.3 Å². The first-order chi connectivity index (χ1) is 7.22. The summed E-state index contributed by atoms with van der Waals surface area (Å²) in [7, 11) is 0. The molecule has 2 nitrogen and oxygen atoms in total. The molecule has 2 heteroatoms. The molecule has 1 unspecified atom stereocenters. The lowest BCUT2D eigenvalue weighted by molar-refractivity contribution is -0.144. The van der Waals surface area contributed by atoms with Gasteiger partial charge in [-0.1, -0.05) is 37.3 Å². The normalized spacial score (nSPS) is 12.1. The Bertz CT molecular complexity index is 293. The highest BCUT2D eigenvalue weighted by Gasteiger charge is 2.10. The Hall–Kier alpha value is -1.31. The van der Waals surface area contributed by atoms with Crippen LogP contribution in [0.2, 0.25) is 0 Å². The highest BCUT2D eigenvalue weighted by molar-refractivity contribution is 5.69. The average Bonchev–Trinajstić information content (AvgIpc) is 2.19. The van der Waals surface area contributed by atoms with Crippen molar-refractivity contribution in [1.82, 2.24) is 0 Å². The van der Waals surface area contributed by atoms with Crippen molar-refractivity contribution in [3.63, 3.8) is 0 Å². The van der Waals surface area contributed by atoms with Crippen molar-refractivity contribution in [1.29, 1.82) is 0 Å². The molecule has 0 aliphatic rings. The minimum Gasteiger partial charge on any atom is -0.466 e. The third kappa shape index (κ3) is 4.63. The van der Waals surface area contributed by atoms with Gasteiger partial charge in [-0.05, 0) is 24.8 Å². The Kier molecular flexibility index (Phi) is 4.88. The summed E-state index contributed by atoms with van der Waals surface area (Å²) in [6, 6.07) is 10.2. The molecule has 0 fully saturated rings. The average molecular weight is 206 g/mol. The van der Waals surface area contributed by atoms with Crippen LogP contribution in [0.15, 0.2) is 30.3 Å². The smallest absolute Gasteiger partial charge is 0.306 e. The van der Waals surface area contributed by atoms with E-state index in [2.05, 4.69) is 19.1 Å². The van der Waals surface area contributed by atoms with E-state index in [-0.39, 0.29) is 5.97 Å². The van der Waals surface area contributed by atoms with Gasteiger partial charge in [0.1, 0.15) is 0 Å². The predicted molar refractivity (Wildman–Crippen MR) is 60.6 cm³/mol. The van der Waals surface area contributed by atoms with Crippen LogP contribution >= 0.6 is 0 Å².